The fourth-order valence-corrected chi connectivity index (χ4v) is 13.8. The van der Waals surface area contributed by atoms with Gasteiger partial charge in [0.05, 0.1) is 17.1 Å². The number of nitrogens with zero attached hydrogens (tertiary/aromatic N) is 4. The highest BCUT2D eigenvalue weighted by Crippen LogP contribution is 2.51. The average molecular weight is 1000 g/mol. The lowest BCUT2D eigenvalue weighted by atomic mass is 9.32. The molecule has 12 aromatic rings. The van der Waals surface area contributed by atoms with Crippen LogP contribution < -0.4 is 61.2 Å². The Labute approximate surface area is 451 Å². The second-order valence-corrected chi connectivity index (χ2v) is 21.1. The molecule has 0 aliphatic carbocycles. The molecule has 0 amide bonds. The Hall–Kier alpha value is -9.69. The molecule has 0 spiro atoms. The third-order valence-electron chi connectivity index (χ3n) is 15.6. The normalized spacial score (nSPS) is 13.0. The molecule has 16 rings (SSSR count). The van der Waals surface area contributed by atoms with Crippen molar-refractivity contribution >= 4 is 135 Å². The van der Waals surface area contributed by atoms with Crippen LogP contribution in [0.5, 0.6) is 23.0 Å². The molecule has 360 valence electrons. The summed E-state index contributed by atoms with van der Waals surface area (Å²) in [6.07, 6.45) is 0. The van der Waals surface area contributed by atoms with E-state index in [2.05, 4.69) is 287 Å². The second-order valence-electron chi connectivity index (χ2n) is 20.0. The Bertz CT molecular complexity index is 4180. The number of fused-ring (bicyclic) bond motifs is 10. The number of hydrogen-bond donors (Lipinski definition) is 0. The lowest BCUT2D eigenvalue weighted by Crippen LogP contribution is -2.62. The fraction of sp³-hybridized carbons (Fsp3) is 0. The minimum atomic E-state index is -0.152. The van der Waals surface area contributed by atoms with Gasteiger partial charge in [-0.15, -0.1) is 11.3 Å². The lowest BCUT2D eigenvalue weighted by molar-refractivity contribution is 0.466. The van der Waals surface area contributed by atoms with E-state index < -0.39 is 0 Å². The Morgan fingerprint density at radius 2 is 0.753 bits per heavy atom. The molecule has 77 heavy (non-hydrogen) atoms. The van der Waals surface area contributed by atoms with Gasteiger partial charge in [0.1, 0.15) is 23.0 Å². The smallest absolute Gasteiger partial charge is 0.268 e. The van der Waals surface area contributed by atoms with E-state index in [0.29, 0.717) is 0 Å². The Morgan fingerprint density at radius 3 is 1.30 bits per heavy atom. The third-order valence-corrected chi connectivity index (χ3v) is 16.9. The van der Waals surface area contributed by atoms with Gasteiger partial charge in [-0.1, -0.05) is 152 Å². The van der Waals surface area contributed by atoms with Gasteiger partial charge in [0, 0.05) is 84.2 Å². The molecule has 5 heterocycles. The molecule has 0 saturated heterocycles. The quantitative estimate of drug-likeness (QED) is 0.141. The number of rotatable bonds is 8. The van der Waals surface area contributed by atoms with Crippen molar-refractivity contribution in [3.8, 4) is 23.0 Å². The van der Waals surface area contributed by atoms with Crippen molar-refractivity contribution in [3.05, 3.63) is 267 Å². The number of ether oxygens (including phenoxy) is 2. The van der Waals surface area contributed by atoms with Gasteiger partial charge < -0.3 is 29.1 Å². The monoisotopic (exact) mass is 1000 g/mol. The van der Waals surface area contributed by atoms with Crippen LogP contribution in [0, 0.1) is 0 Å². The molecule has 6 nitrogen and oxygen atoms in total. The summed E-state index contributed by atoms with van der Waals surface area (Å²) in [5, 5.41) is 1.22. The molecular weight excluding hydrogens is 958 g/mol. The van der Waals surface area contributed by atoms with E-state index in [9.17, 15) is 0 Å². The standard InChI is InChI=1S/C68H44B2N4O2S/c1-7-23-45(24-8-1)71(46-25-9-2-10-26-46)51-39-58-65-62(41-51)75-60-44-61-56(43-55(60)69(65)54-36-20-21-37-57(54)73(58)49-31-15-5-16-32-49)70-66-59(74(50-33-17-6-18-34-50)67-53-35-19-22-38-64(53)77-68(67)70)40-52(42-63(66)76-61)72(47-27-11-3-12-28-47)48-29-13-4-14-30-48/h1-44H. The van der Waals surface area contributed by atoms with Crippen molar-refractivity contribution in [2.75, 3.05) is 19.6 Å². The first-order valence-electron chi connectivity index (χ1n) is 26.2. The second kappa shape index (κ2) is 17.5. The minimum Gasteiger partial charge on any atom is -0.458 e. The predicted octanol–water partition coefficient (Wildman–Crippen LogP) is 14.7. The number of anilines is 12. The van der Waals surface area contributed by atoms with Gasteiger partial charge in [0.25, 0.3) is 13.4 Å². The van der Waals surface area contributed by atoms with Gasteiger partial charge >= 0.3 is 0 Å². The highest BCUT2D eigenvalue weighted by molar-refractivity contribution is 7.33. The van der Waals surface area contributed by atoms with Crippen LogP contribution in [-0.4, -0.2) is 13.4 Å². The first-order chi connectivity index (χ1) is 38.2. The van der Waals surface area contributed by atoms with E-state index in [1.54, 1.807) is 0 Å². The van der Waals surface area contributed by atoms with E-state index in [1.165, 1.54) is 26.0 Å². The van der Waals surface area contributed by atoms with Crippen LogP contribution in [0.4, 0.5) is 68.2 Å². The molecule has 9 heteroatoms. The van der Waals surface area contributed by atoms with Gasteiger partial charge in [0.2, 0.25) is 0 Å². The summed E-state index contributed by atoms with van der Waals surface area (Å²) in [6.45, 7) is -0.299. The van der Waals surface area contributed by atoms with Gasteiger partial charge in [-0.3, -0.25) is 0 Å². The minimum absolute atomic E-state index is 0.148. The molecule has 1 aromatic heterocycles. The molecule has 4 aliphatic heterocycles. The van der Waals surface area contributed by atoms with Crippen LogP contribution in [-0.2, 0) is 0 Å². The van der Waals surface area contributed by atoms with Crippen molar-refractivity contribution in [3.63, 3.8) is 0 Å². The number of benzene rings is 11. The van der Waals surface area contributed by atoms with Crippen LogP contribution in [0.25, 0.3) is 10.1 Å². The topological polar surface area (TPSA) is 31.4 Å². The molecule has 0 bridgehead atoms. The van der Waals surface area contributed by atoms with Crippen molar-refractivity contribution in [1.82, 2.24) is 0 Å². The maximum atomic E-state index is 7.50. The Kier molecular flexibility index (Phi) is 9.90. The van der Waals surface area contributed by atoms with Crippen LogP contribution in [0.15, 0.2) is 267 Å². The highest BCUT2D eigenvalue weighted by Gasteiger charge is 2.48. The van der Waals surface area contributed by atoms with E-state index in [1.807, 2.05) is 11.3 Å². The maximum Gasteiger partial charge on any atom is 0.268 e. The predicted molar refractivity (Wildman–Crippen MR) is 323 cm³/mol. The zero-order valence-electron chi connectivity index (χ0n) is 41.6. The summed E-state index contributed by atoms with van der Waals surface area (Å²) < 4.78 is 17.5. The molecule has 4 aliphatic rings. The van der Waals surface area contributed by atoms with Crippen LogP contribution in [0.1, 0.15) is 0 Å². The largest absolute Gasteiger partial charge is 0.458 e. The zero-order valence-corrected chi connectivity index (χ0v) is 42.4. The Morgan fingerprint density at radius 1 is 0.325 bits per heavy atom. The van der Waals surface area contributed by atoms with Crippen LogP contribution in [0.3, 0.4) is 0 Å². The number of para-hydroxylation sites is 7. The zero-order chi connectivity index (χ0) is 50.6. The summed E-state index contributed by atoms with van der Waals surface area (Å²) in [4.78, 5) is 9.58. The summed E-state index contributed by atoms with van der Waals surface area (Å²) in [7, 11) is 0. The maximum absolute atomic E-state index is 7.50. The number of thiophene rings is 1. The van der Waals surface area contributed by atoms with Crippen molar-refractivity contribution in [2.45, 2.75) is 0 Å². The van der Waals surface area contributed by atoms with Gasteiger partial charge in [-0.25, -0.2) is 0 Å². The summed E-state index contributed by atoms with van der Waals surface area (Å²) in [5.74, 6) is 3.20. The molecule has 0 N–H and O–H groups in total. The van der Waals surface area contributed by atoms with Crippen molar-refractivity contribution < 1.29 is 9.47 Å². The number of hydrogen-bond acceptors (Lipinski definition) is 7. The molecule has 11 aromatic carbocycles. The summed E-state index contributed by atoms with van der Waals surface area (Å²) >= 11 is 1.89. The molecule has 0 saturated carbocycles. The molecule has 0 atom stereocenters. The van der Waals surface area contributed by atoms with E-state index in [4.69, 9.17) is 9.47 Å². The third kappa shape index (κ3) is 6.83. The van der Waals surface area contributed by atoms with E-state index in [0.717, 1.165) is 107 Å². The fourth-order valence-electron chi connectivity index (χ4n) is 12.5. The van der Waals surface area contributed by atoms with Gasteiger partial charge in [-0.05, 0) is 124 Å². The molecular formula is C68H44B2N4O2S. The van der Waals surface area contributed by atoms with E-state index >= 15 is 0 Å². The summed E-state index contributed by atoms with van der Waals surface area (Å²) in [5.41, 5.74) is 18.6. The average Bonchev–Trinajstić information content (AvgIpc) is 4.02. The van der Waals surface area contributed by atoms with Gasteiger partial charge in [-0.2, -0.15) is 0 Å². The van der Waals surface area contributed by atoms with Crippen molar-refractivity contribution in [1.29, 1.82) is 0 Å². The molecule has 0 radical (unpaired) electrons. The first kappa shape index (κ1) is 43.7. The first-order valence-corrected chi connectivity index (χ1v) is 27.0. The SMILES string of the molecule is c1ccc(N(c2ccccc2)c2cc3c4c(c2)N(c2ccccc2)c2ccccc2B4c2cc4c(cc2O3)Oc2cc(N(c3ccccc3)c3ccccc3)cc3c2B4c2sc4ccccc4c2N3c2ccccc2)cc1. The highest BCUT2D eigenvalue weighted by atomic mass is 32.1. The van der Waals surface area contributed by atoms with Crippen LogP contribution >= 0.6 is 11.3 Å². The molecule has 0 fully saturated rings. The lowest BCUT2D eigenvalue weighted by Gasteiger charge is -2.42. The van der Waals surface area contributed by atoms with Gasteiger partial charge in [0.15, 0.2) is 0 Å². The molecule has 0 unspecified atom stereocenters. The Balaban J connectivity index is 0.951. The summed E-state index contributed by atoms with van der Waals surface area (Å²) in [6, 6.07) is 95.8. The van der Waals surface area contributed by atoms with Crippen molar-refractivity contribution in [2.24, 2.45) is 0 Å². The van der Waals surface area contributed by atoms with Crippen LogP contribution in [0.2, 0.25) is 0 Å². The van der Waals surface area contributed by atoms with E-state index in [-0.39, 0.29) is 13.4 Å².